The molecular weight excluding hydrogens is 228 g/mol. The predicted octanol–water partition coefficient (Wildman–Crippen LogP) is 1.26. The first-order chi connectivity index (χ1) is 8.72. The van der Waals surface area contributed by atoms with Crippen LogP contribution >= 0.6 is 0 Å². The minimum Gasteiger partial charge on any atom is -0.384 e. The Balaban J connectivity index is 1.91. The molecule has 0 spiro atoms. The van der Waals surface area contributed by atoms with Crippen molar-refractivity contribution in [3.8, 4) is 0 Å². The van der Waals surface area contributed by atoms with Crippen molar-refractivity contribution in [3.63, 3.8) is 0 Å². The van der Waals surface area contributed by atoms with Gasteiger partial charge in [-0.05, 0) is 44.1 Å². The molecule has 4 heteroatoms. The number of amides is 1. The van der Waals surface area contributed by atoms with Crippen LogP contribution in [0.2, 0.25) is 0 Å². The molecule has 1 N–H and O–H groups in total. The largest absolute Gasteiger partial charge is 0.384 e. The Morgan fingerprint density at radius 1 is 1.39 bits per heavy atom. The first-order valence-corrected chi connectivity index (χ1v) is 7.23. The summed E-state index contributed by atoms with van der Waals surface area (Å²) in [4.78, 5) is 14.6. The summed E-state index contributed by atoms with van der Waals surface area (Å²) in [7, 11) is 1.74. The molecule has 0 aliphatic carbocycles. The number of likely N-dealkylation sites (tertiary alicyclic amines) is 1. The Hall–Kier alpha value is -0.610. The Morgan fingerprint density at radius 3 is 2.94 bits per heavy atom. The molecule has 3 unspecified atom stereocenters. The summed E-state index contributed by atoms with van der Waals surface area (Å²) in [5.41, 5.74) is 0. The molecule has 2 aliphatic rings. The molecule has 2 rings (SSSR count). The van der Waals surface area contributed by atoms with Gasteiger partial charge in [0, 0.05) is 20.2 Å². The fourth-order valence-corrected chi connectivity index (χ4v) is 3.21. The number of ether oxygens (including phenoxy) is 1. The smallest absolute Gasteiger partial charge is 0.239 e. The van der Waals surface area contributed by atoms with Gasteiger partial charge in [0.05, 0.1) is 12.6 Å². The summed E-state index contributed by atoms with van der Waals surface area (Å²) in [5.74, 6) is 1.30. The Morgan fingerprint density at radius 2 is 2.22 bits per heavy atom. The van der Waals surface area contributed by atoms with Gasteiger partial charge >= 0.3 is 0 Å². The molecule has 2 aliphatic heterocycles. The van der Waals surface area contributed by atoms with Gasteiger partial charge in [0.2, 0.25) is 5.91 Å². The average molecular weight is 254 g/mol. The monoisotopic (exact) mass is 254 g/mol. The van der Waals surface area contributed by atoms with Crippen molar-refractivity contribution >= 4 is 5.91 Å². The molecule has 2 saturated heterocycles. The van der Waals surface area contributed by atoms with Crippen LogP contribution in [-0.2, 0) is 9.53 Å². The summed E-state index contributed by atoms with van der Waals surface area (Å²) in [6.07, 6.45) is 4.65. The number of nitrogens with one attached hydrogen (secondary N) is 1. The quantitative estimate of drug-likeness (QED) is 0.824. The maximum Gasteiger partial charge on any atom is 0.239 e. The van der Waals surface area contributed by atoms with Gasteiger partial charge in [-0.2, -0.15) is 0 Å². The molecule has 0 aromatic heterocycles. The number of piperidine rings is 2. The lowest BCUT2D eigenvalue weighted by Gasteiger charge is -2.38. The van der Waals surface area contributed by atoms with Crippen molar-refractivity contribution < 1.29 is 9.53 Å². The third-order valence-electron chi connectivity index (χ3n) is 4.27. The molecule has 18 heavy (non-hydrogen) atoms. The highest BCUT2D eigenvalue weighted by Gasteiger charge is 2.33. The Bertz CT molecular complexity index is 281. The van der Waals surface area contributed by atoms with Gasteiger partial charge in [-0.3, -0.25) is 4.79 Å². The van der Waals surface area contributed by atoms with Crippen LogP contribution < -0.4 is 5.32 Å². The fourth-order valence-electron chi connectivity index (χ4n) is 3.21. The molecule has 2 fully saturated rings. The van der Waals surface area contributed by atoms with E-state index in [1.807, 2.05) is 4.90 Å². The van der Waals surface area contributed by atoms with Gasteiger partial charge < -0.3 is 15.0 Å². The number of carbonyl (C=O) groups is 1. The van der Waals surface area contributed by atoms with Crippen LogP contribution in [0.1, 0.15) is 32.6 Å². The van der Waals surface area contributed by atoms with E-state index in [4.69, 9.17) is 4.74 Å². The van der Waals surface area contributed by atoms with Gasteiger partial charge in [-0.15, -0.1) is 0 Å². The second-order valence-corrected chi connectivity index (χ2v) is 5.80. The minimum atomic E-state index is 0.0417. The van der Waals surface area contributed by atoms with E-state index in [-0.39, 0.29) is 6.04 Å². The van der Waals surface area contributed by atoms with Gasteiger partial charge in [0.25, 0.3) is 0 Å². The summed E-state index contributed by atoms with van der Waals surface area (Å²) in [6, 6.07) is 0.0417. The molecule has 3 atom stereocenters. The summed E-state index contributed by atoms with van der Waals surface area (Å²) in [5, 5.41) is 3.39. The highest BCUT2D eigenvalue weighted by atomic mass is 16.5. The van der Waals surface area contributed by atoms with Crippen LogP contribution in [-0.4, -0.2) is 50.2 Å². The lowest BCUT2D eigenvalue weighted by Crippen LogP contribution is -2.54. The molecular formula is C14H26N2O2. The zero-order chi connectivity index (χ0) is 13.0. The number of carbonyl (C=O) groups excluding carboxylic acids is 1. The summed E-state index contributed by atoms with van der Waals surface area (Å²) in [6.45, 7) is 5.74. The highest BCUT2D eigenvalue weighted by Crippen LogP contribution is 2.22. The van der Waals surface area contributed by atoms with E-state index in [1.165, 1.54) is 19.3 Å². The predicted molar refractivity (Wildman–Crippen MR) is 71.4 cm³/mol. The molecule has 2 heterocycles. The van der Waals surface area contributed by atoms with E-state index in [1.54, 1.807) is 7.11 Å². The third-order valence-corrected chi connectivity index (χ3v) is 4.27. The standard InChI is InChI=1S/C14H26N2O2/c1-11-5-3-7-15-13(11)14(17)16-8-4-6-12(9-16)10-18-2/h11-13,15H,3-10H2,1-2H3. The van der Waals surface area contributed by atoms with Crippen LogP contribution in [0.25, 0.3) is 0 Å². The Labute approximate surface area is 110 Å². The minimum absolute atomic E-state index is 0.0417. The lowest BCUT2D eigenvalue weighted by molar-refractivity contribution is -0.137. The van der Waals surface area contributed by atoms with Crippen molar-refractivity contribution in [1.29, 1.82) is 0 Å². The van der Waals surface area contributed by atoms with E-state index in [0.29, 0.717) is 17.7 Å². The zero-order valence-corrected chi connectivity index (χ0v) is 11.7. The van der Waals surface area contributed by atoms with Crippen molar-refractivity contribution in [2.24, 2.45) is 11.8 Å². The maximum atomic E-state index is 12.5. The number of hydrogen-bond acceptors (Lipinski definition) is 3. The molecule has 4 nitrogen and oxygen atoms in total. The molecule has 0 aromatic carbocycles. The summed E-state index contributed by atoms with van der Waals surface area (Å²) >= 11 is 0. The van der Waals surface area contributed by atoms with Gasteiger partial charge in [-0.25, -0.2) is 0 Å². The van der Waals surface area contributed by atoms with Crippen LogP contribution in [0, 0.1) is 11.8 Å². The Kier molecular flexibility index (Phi) is 5.01. The van der Waals surface area contributed by atoms with Gasteiger partial charge in [-0.1, -0.05) is 6.92 Å². The number of methoxy groups -OCH3 is 1. The molecule has 0 radical (unpaired) electrons. The number of nitrogens with zero attached hydrogens (tertiary/aromatic N) is 1. The number of rotatable bonds is 3. The van der Waals surface area contributed by atoms with Crippen LogP contribution in [0.4, 0.5) is 0 Å². The first kappa shape index (κ1) is 13.8. The molecule has 104 valence electrons. The molecule has 0 saturated carbocycles. The SMILES string of the molecule is COCC1CCCN(C(=O)C2NCCCC2C)C1. The molecule has 0 bridgehead atoms. The average Bonchev–Trinajstić information content (AvgIpc) is 2.39. The van der Waals surface area contributed by atoms with Crippen LogP contribution in [0.5, 0.6) is 0 Å². The van der Waals surface area contributed by atoms with E-state index >= 15 is 0 Å². The van der Waals surface area contributed by atoms with Crippen LogP contribution in [0.3, 0.4) is 0 Å². The van der Waals surface area contributed by atoms with E-state index in [9.17, 15) is 4.79 Å². The van der Waals surface area contributed by atoms with Gasteiger partial charge in [0.1, 0.15) is 0 Å². The third kappa shape index (κ3) is 3.23. The van der Waals surface area contributed by atoms with Crippen LogP contribution in [0.15, 0.2) is 0 Å². The second-order valence-electron chi connectivity index (χ2n) is 5.80. The topological polar surface area (TPSA) is 41.6 Å². The van der Waals surface area contributed by atoms with Crippen molar-refractivity contribution in [2.45, 2.75) is 38.6 Å². The van der Waals surface area contributed by atoms with Crippen molar-refractivity contribution in [3.05, 3.63) is 0 Å². The maximum absolute atomic E-state index is 12.5. The first-order valence-electron chi connectivity index (χ1n) is 7.23. The van der Waals surface area contributed by atoms with Gasteiger partial charge in [0.15, 0.2) is 0 Å². The lowest BCUT2D eigenvalue weighted by atomic mass is 9.90. The zero-order valence-electron chi connectivity index (χ0n) is 11.7. The van der Waals surface area contributed by atoms with E-state index in [0.717, 1.165) is 32.7 Å². The number of hydrogen-bond donors (Lipinski definition) is 1. The van der Waals surface area contributed by atoms with Crippen molar-refractivity contribution in [1.82, 2.24) is 10.2 Å². The second kappa shape index (κ2) is 6.53. The normalized spacial score (nSPS) is 33.4. The fraction of sp³-hybridized carbons (Fsp3) is 0.929. The highest BCUT2D eigenvalue weighted by molar-refractivity contribution is 5.82. The van der Waals surface area contributed by atoms with E-state index < -0.39 is 0 Å². The summed E-state index contributed by atoms with van der Waals surface area (Å²) < 4.78 is 5.22. The van der Waals surface area contributed by atoms with E-state index in [2.05, 4.69) is 12.2 Å². The molecule has 0 aromatic rings. The molecule has 1 amide bonds. The van der Waals surface area contributed by atoms with Crippen molar-refractivity contribution in [2.75, 3.05) is 33.4 Å².